The van der Waals surface area contributed by atoms with Gasteiger partial charge in [0.1, 0.15) is 5.82 Å². The molecule has 0 spiro atoms. The summed E-state index contributed by atoms with van der Waals surface area (Å²) in [6.07, 6.45) is 1.91. The van der Waals surface area contributed by atoms with Crippen molar-refractivity contribution in [1.82, 2.24) is 0 Å². The summed E-state index contributed by atoms with van der Waals surface area (Å²) >= 11 is 0. The SMILES string of the molecule is CCCC(C)S(=O)c1cccc(F)c1. The van der Waals surface area contributed by atoms with Crippen LogP contribution < -0.4 is 0 Å². The Bertz CT molecular complexity index is 325. The third kappa shape index (κ3) is 2.91. The molecule has 0 fully saturated rings. The molecule has 1 aromatic carbocycles. The van der Waals surface area contributed by atoms with E-state index in [1.165, 1.54) is 12.1 Å². The molecule has 1 nitrogen and oxygen atoms in total. The van der Waals surface area contributed by atoms with Crippen LogP contribution in [0.25, 0.3) is 0 Å². The van der Waals surface area contributed by atoms with Gasteiger partial charge in [-0.2, -0.15) is 0 Å². The molecule has 1 rings (SSSR count). The van der Waals surface area contributed by atoms with Crippen LogP contribution in [-0.2, 0) is 10.8 Å². The first-order valence-corrected chi connectivity index (χ1v) is 6.02. The highest BCUT2D eigenvalue weighted by atomic mass is 32.2. The molecule has 0 saturated carbocycles. The van der Waals surface area contributed by atoms with Gasteiger partial charge in [0, 0.05) is 10.1 Å². The van der Waals surface area contributed by atoms with Gasteiger partial charge in [-0.05, 0) is 24.6 Å². The molecule has 0 N–H and O–H groups in total. The fraction of sp³-hybridized carbons (Fsp3) is 0.455. The molecule has 0 bridgehead atoms. The van der Waals surface area contributed by atoms with E-state index in [0.717, 1.165) is 12.8 Å². The molecule has 0 radical (unpaired) electrons. The fourth-order valence-corrected chi connectivity index (χ4v) is 2.69. The van der Waals surface area contributed by atoms with Gasteiger partial charge in [-0.3, -0.25) is 4.21 Å². The van der Waals surface area contributed by atoms with Crippen LogP contribution in [-0.4, -0.2) is 9.46 Å². The molecule has 0 amide bonds. The van der Waals surface area contributed by atoms with Crippen molar-refractivity contribution in [2.75, 3.05) is 0 Å². The predicted octanol–water partition coefficient (Wildman–Crippen LogP) is 3.12. The fourth-order valence-electron chi connectivity index (χ4n) is 1.34. The zero-order chi connectivity index (χ0) is 10.6. The summed E-state index contributed by atoms with van der Waals surface area (Å²) in [6.45, 7) is 3.99. The molecule has 78 valence electrons. The van der Waals surface area contributed by atoms with Gasteiger partial charge in [0.15, 0.2) is 0 Å². The van der Waals surface area contributed by atoms with Crippen LogP contribution in [0.2, 0.25) is 0 Å². The summed E-state index contributed by atoms with van der Waals surface area (Å²) in [5.74, 6) is -0.320. The summed E-state index contributed by atoms with van der Waals surface area (Å²) in [4.78, 5) is 0.589. The van der Waals surface area contributed by atoms with Gasteiger partial charge in [0.2, 0.25) is 0 Å². The zero-order valence-electron chi connectivity index (χ0n) is 8.50. The minimum Gasteiger partial charge on any atom is -0.254 e. The Hall–Kier alpha value is -0.700. The van der Waals surface area contributed by atoms with E-state index in [2.05, 4.69) is 6.92 Å². The number of rotatable bonds is 4. The van der Waals surface area contributed by atoms with Crippen LogP contribution in [0.1, 0.15) is 26.7 Å². The van der Waals surface area contributed by atoms with Crippen LogP contribution in [0, 0.1) is 5.82 Å². The largest absolute Gasteiger partial charge is 0.254 e. The Balaban J connectivity index is 2.78. The smallest absolute Gasteiger partial charge is 0.124 e. The Morgan fingerprint density at radius 1 is 1.50 bits per heavy atom. The maximum absolute atomic E-state index is 12.8. The summed E-state index contributed by atoms with van der Waals surface area (Å²) in [5, 5.41) is 0.0989. The predicted molar refractivity (Wildman–Crippen MR) is 57.2 cm³/mol. The number of benzene rings is 1. The molecule has 14 heavy (non-hydrogen) atoms. The van der Waals surface area contributed by atoms with Crippen molar-refractivity contribution >= 4 is 10.8 Å². The maximum Gasteiger partial charge on any atom is 0.124 e. The quantitative estimate of drug-likeness (QED) is 0.752. The molecular weight excluding hydrogens is 199 g/mol. The second-order valence-corrected chi connectivity index (χ2v) is 5.23. The molecule has 0 heterocycles. The highest BCUT2D eigenvalue weighted by Gasteiger charge is 2.12. The van der Waals surface area contributed by atoms with Crippen LogP contribution >= 0.6 is 0 Å². The van der Waals surface area contributed by atoms with E-state index in [4.69, 9.17) is 0 Å². The highest BCUT2D eigenvalue weighted by Crippen LogP contribution is 2.15. The molecule has 3 heteroatoms. The number of hydrogen-bond acceptors (Lipinski definition) is 1. The van der Waals surface area contributed by atoms with Crippen LogP contribution in [0.4, 0.5) is 4.39 Å². The molecule has 2 unspecified atom stereocenters. The van der Waals surface area contributed by atoms with E-state index >= 15 is 0 Å². The van der Waals surface area contributed by atoms with Crippen molar-refractivity contribution in [2.45, 2.75) is 36.8 Å². The zero-order valence-corrected chi connectivity index (χ0v) is 9.31. The van der Waals surface area contributed by atoms with Crippen molar-refractivity contribution in [1.29, 1.82) is 0 Å². The van der Waals surface area contributed by atoms with Gasteiger partial charge in [-0.15, -0.1) is 0 Å². The minimum absolute atomic E-state index is 0.0989. The Morgan fingerprint density at radius 3 is 2.79 bits per heavy atom. The van der Waals surface area contributed by atoms with Crippen molar-refractivity contribution < 1.29 is 8.60 Å². The highest BCUT2D eigenvalue weighted by molar-refractivity contribution is 7.85. The number of halogens is 1. The topological polar surface area (TPSA) is 17.1 Å². The molecule has 0 aliphatic carbocycles. The van der Waals surface area contributed by atoms with Crippen molar-refractivity contribution in [3.63, 3.8) is 0 Å². The van der Waals surface area contributed by atoms with Gasteiger partial charge in [-0.25, -0.2) is 4.39 Å². The summed E-state index contributed by atoms with van der Waals surface area (Å²) in [5.41, 5.74) is 0. The van der Waals surface area contributed by atoms with Gasteiger partial charge >= 0.3 is 0 Å². The van der Waals surface area contributed by atoms with E-state index in [1.54, 1.807) is 12.1 Å². The minimum atomic E-state index is -1.08. The molecule has 2 atom stereocenters. The lowest BCUT2D eigenvalue weighted by Gasteiger charge is -2.09. The monoisotopic (exact) mass is 214 g/mol. The Kier molecular flexibility index (Phi) is 4.26. The lowest BCUT2D eigenvalue weighted by molar-refractivity contribution is 0.621. The first kappa shape index (κ1) is 11.4. The van der Waals surface area contributed by atoms with E-state index in [0.29, 0.717) is 4.90 Å². The third-order valence-electron chi connectivity index (χ3n) is 2.09. The Labute approximate surface area is 86.8 Å². The second kappa shape index (κ2) is 5.25. The lowest BCUT2D eigenvalue weighted by Crippen LogP contribution is -2.10. The van der Waals surface area contributed by atoms with Crippen LogP contribution in [0.3, 0.4) is 0 Å². The number of hydrogen-bond donors (Lipinski definition) is 0. The van der Waals surface area contributed by atoms with Gasteiger partial charge in [-0.1, -0.05) is 26.3 Å². The lowest BCUT2D eigenvalue weighted by atomic mass is 10.3. The van der Waals surface area contributed by atoms with E-state index in [-0.39, 0.29) is 11.1 Å². The van der Waals surface area contributed by atoms with Gasteiger partial charge in [0.05, 0.1) is 10.8 Å². The maximum atomic E-state index is 12.8. The summed E-state index contributed by atoms with van der Waals surface area (Å²) in [6, 6.07) is 6.03. The van der Waals surface area contributed by atoms with Crippen molar-refractivity contribution in [2.24, 2.45) is 0 Å². The average molecular weight is 214 g/mol. The van der Waals surface area contributed by atoms with E-state index in [1.807, 2.05) is 6.92 Å². The van der Waals surface area contributed by atoms with E-state index in [9.17, 15) is 8.60 Å². The molecule has 1 aromatic rings. The average Bonchev–Trinajstić information content (AvgIpc) is 2.17. The van der Waals surface area contributed by atoms with Gasteiger partial charge in [0.25, 0.3) is 0 Å². The molecular formula is C11H15FOS. The van der Waals surface area contributed by atoms with Crippen molar-refractivity contribution in [3.05, 3.63) is 30.1 Å². The van der Waals surface area contributed by atoms with E-state index < -0.39 is 10.8 Å². The van der Waals surface area contributed by atoms with Gasteiger partial charge < -0.3 is 0 Å². The van der Waals surface area contributed by atoms with Crippen molar-refractivity contribution in [3.8, 4) is 0 Å². The first-order valence-electron chi connectivity index (χ1n) is 4.81. The molecule has 0 aliphatic heterocycles. The molecule has 0 aliphatic rings. The Morgan fingerprint density at radius 2 is 2.21 bits per heavy atom. The molecule has 0 aromatic heterocycles. The third-order valence-corrected chi connectivity index (χ3v) is 3.77. The normalized spacial score (nSPS) is 15.1. The van der Waals surface area contributed by atoms with Crippen LogP contribution in [0.15, 0.2) is 29.2 Å². The summed E-state index contributed by atoms with van der Waals surface area (Å²) < 4.78 is 24.7. The standard InChI is InChI=1S/C11H15FOS/c1-3-5-9(2)14(13)11-7-4-6-10(12)8-11/h4,6-9H,3,5H2,1-2H3. The first-order chi connectivity index (χ1) is 6.65. The summed E-state index contributed by atoms with van der Waals surface area (Å²) in [7, 11) is -1.08. The van der Waals surface area contributed by atoms with Crippen LogP contribution in [0.5, 0.6) is 0 Å². The second-order valence-electron chi connectivity index (χ2n) is 3.35. The molecule has 0 saturated heterocycles.